The van der Waals surface area contributed by atoms with Crippen LogP contribution in [-0.2, 0) is 16.1 Å². The Morgan fingerprint density at radius 2 is 1.97 bits per heavy atom. The second-order valence-electron chi connectivity index (χ2n) is 6.90. The number of rotatable bonds is 7. The molecule has 1 aliphatic heterocycles. The summed E-state index contributed by atoms with van der Waals surface area (Å²) in [5.74, 6) is -0.953. The Bertz CT molecular complexity index is 827. The highest BCUT2D eigenvalue weighted by atomic mass is 16.5. The van der Waals surface area contributed by atoms with Gasteiger partial charge in [0, 0.05) is 25.4 Å². The number of anilines is 1. The molecule has 29 heavy (non-hydrogen) atoms. The van der Waals surface area contributed by atoms with Crippen LogP contribution in [0.5, 0.6) is 0 Å². The molecule has 1 amide bonds. The van der Waals surface area contributed by atoms with Gasteiger partial charge >= 0.3 is 12.1 Å². The Balaban J connectivity index is 1.59. The summed E-state index contributed by atoms with van der Waals surface area (Å²) in [5, 5.41) is 12.1. The summed E-state index contributed by atoms with van der Waals surface area (Å²) in [5.41, 5.74) is 2.01. The lowest BCUT2D eigenvalue weighted by Crippen LogP contribution is -2.55. The molecule has 3 rings (SSSR count). The number of ether oxygens (including phenoxy) is 2. The van der Waals surface area contributed by atoms with Crippen LogP contribution < -0.4 is 10.2 Å². The van der Waals surface area contributed by atoms with Gasteiger partial charge in [-0.1, -0.05) is 36.4 Å². The fourth-order valence-electron chi connectivity index (χ4n) is 3.45. The van der Waals surface area contributed by atoms with Gasteiger partial charge in [0.15, 0.2) is 0 Å². The van der Waals surface area contributed by atoms with Crippen molar-refractivity contribution in [3.8, 4) is 0 Å². The first-order valence-corrected chi connectivity index (χ1v) is 9.74. The molecule has 0 aromatic heterocycles. The van der Waals surface area contributed by atoms with Crippen LogP contribution in [0.25, 0.3) is 0 Å². The summed E-state index contributed by atoms with van der Waals surface area (Å²) in [6, 6.07) is 16.2. The van der Waals surface area contributed by atoms with Crippen molar-refractivity contribution in [1.82, 2.24) is 5.32 Å². The molecule has 0 saturated carbocycles. The minimum Gasteiger partial charge on any atom is -0.478 e. The molecule has 154 valence electrons. The molecule has 0 bridgehead atoms. The van der Waals surface area contributed by atoms with Crippen molar-refractivity contribution in [3.63, 3.8) is 0 Å². The number of carboxylic acids is 1. The van der Waals surface area contributed by atoms with E-state index in [1.54, 1.807) is 18.2 Å². The van der Waals surface area contributed by atoms with Gasteiger partial charge < -0.3 is 24.8 Å². The molecule has 2 N–H and O–H groups in total. The quantitative estimate of drug-likeness (QED) is 0.744. The summed E-state index contributed by atoms with van der Waals surface area (Å²) in [7, 11) is 0. The maximum Gasteiger partial charge on any atom is 0.407 e. The average molecular weight is 398 g/mol. The Hall–Kier alpha value is -3.06. The van der Waals surface area contributed by atoms with Gasteiger partial charge in [0.1, 0.15) is 6.61 Å². The van der Waals surface area contributed by atoms with Crippen molar-refractivity contribution >= 4 is 17.7 Å². The van der Waals surface area contributed by atoms with Gasteiger partial charge in [-0.25, -0.2) is 9.59 Å². The lowest BCUT2D eigenvalue weighted by atomic mass is 10.0. The number of amides is 1. The number of benzene rings is 2. The van der Waals surface area contributed by atoms with E-state index in [9.17, 15) is 14.7 Å². The van der Waals surface area contributed by atoms with E-state index in [1.807, 2.05) is 43.3 Å². The molecule has 2 aromatic carbocycles. The highest BCUT2D eigenvalue weighted by molar-refractivity contribution is 5.88. The summed E-state index contributed by atoms with van der Waals surface area (Å²) in [4.78, 5) is 25.6. The maximum absolute atomic E-state index is 12.2. The SMILES string of the molecule is CCO[C@H]1CN(c2cccc(C(=O)O)c2)CC[C@H]1NC(=O)OCc1ccccc1. The number of alkyl carbamates (subject to hydrolysis) is 1. The average Bonchev–Trinajstić information content (AvgIpc) is 2.74. The van der Waals surface area contributed by atoms with Gasteiger partial charge in [-0.3, -0.25) is 0 Å². The second-order valence-corrected chi connectivity index (χ2v) is 6.90. The molecule has 7 heteroatoms. The van der Waals surface area contributed by atoms with E-state index in [2.05, 4.69) is 10.2 Å². The Morgan fingerprint density at radius 1 is 1.17 bits per heavy atom. The molecule has 1 aliphatic rings. The van der Waals surface area contributed by atoms with E-state index >= 15 is 0 Å². The fraction of sp³-hybridized carbons (Fsp3) is 0.364. The van der Waals surface area contributed by atoms with Crippen molar-refractivity contribution in [2.45, 2.75) is 32.1 Å². The van der Waals surface area contributed by atoms with Crippen LogP contribution in [0.2, 0.25) is 0 Å². The summed E-state index contributed by atoms with van der Waals surface area (Å²) in [6.45, 7) is 3.88. The zero-order valence-electron chi connectivity index (χ0n) is 16.4. The minimum atomic E-state index is -0.953. The Labute approximate surface area is 170 Å². The van der Waals surface area contributed by atoms with Gasteiger partial charge in [0.05, 0.1) is 17.7 Å². The third-order valence-electron chi connectivity index (χ3n) is 4.91. The van der Waals surface area contributed by atoms with E-state index in [0.717, 1.165) is 11.3 Å². The number of carboxylic acid groups (broad SMARTS) is 1. The Kier molecular flexibility index (Phi) is 7.08. The topological polar surface area (TPSA) is 88.1 Å². The van der Waals surface area contributed by atoms with Crippen LogP contribution in [0.3, 0.4) is 0 Å². The van der Waals surface area contributed by atoms with E-state index in [0.29, 0.717) is 26.1 Å². The monoisotopic (exact) mass is 398 g/mol. The molecule has 0 aliphatic carbocycles. The van der Waals surface area contributed by atoms with Crippen LogP contribution in [-0.4, -0.2) is 49.0 Å². The van der Waals surface area contributed by atoms with Gasteiger partial charge in [0.25, 0.3) is 0 Å². The maximum atomic E-state index is 12.2. The third-order valence-corrected chi connectivity index (χ3v) is 4.91. The predicted octanol–water partition coefficient (Wildman–Crippen LogP) is 3.30. The highest BCUT2D eigenvalue weighted by Gasteiger charge is 2.31. The van der Waals surface area contributed by atoms with E-state index in [-0.39, 0.29) is 24.3 Å². The summed E-state index contributed by atoms with van der Waals surface area (Å²) >= 11 is 0. The van der Waals surface area contributed by atoms with Crippen molar-refractivity contribution in [2.24, 2.45) is 0 Å². The molecular weight excluding hydrogens is 372 g/mol. The number of nitrogens with zero attached hydrogens (tertiary/aromatic N) is 1. The zero-order valence-corrected chi connectivity index (χ0v) is 16.4. The minimum absolute atomic E-state index is 0.169. The number of piperidine rings is 1. The molecule has 2 aromatic rings. The van der Waals surface area contributed by atoms with Gasteiger partial charge in [-0.05, 0) is 37.1 Å². The lowest BCUT2D eigenvalue weighted by molar-refractivity contribution is 0.0261. The van der Waals surface area contributed by atoms with Gasteiger partial charge in [0.2, 0.25) is 0 Å². The zero-order chi connectivity index (χ0) is 20.6. The Morgan fingerprint density at radius 3 is 2.69 bits per heavy atom. The first-order valence-electron chi connectivity index (χ1n) is 9.74. The van der Waals surface area contributed by atoms with Crippen molar-refractivity contribution in [2.75, 3.05) is 24.6 Å². The highest BCUT2D eigenvalue weighted by Crippen LogP contribution is 2.23. The largest absolute Gasteiger partial charge is 0.478 e. The molecule has 1 saturated heterocycles. The van der Waals surface area contributed by atoms with E-state index in [1.165, 1.54) is 0 Å². The molecule has 1 heterocycles. The molecule has 0 unspecified atom stereocenters. The smallest absolute Gasteiger partial charge is 0.407 e. The van der Waals surface area contributed by atoms with E-state index < -0.39 is 12.1 Å². The van der Waals surface area contributed by atoms with Crippen molar-refractivity contribution in [1.29, 1.82) is 0 Å². The summed E-state index contributed by atoms with van der Waals surface area (Å²) < 4.78 is 11.2. The van der Waals surface area contributed by atoms with Crippen LogP contribution in [0.15, 0.2) is 54.6 Å². The van der Waals surface area contributed by atoms with Gasteiger partial charge in [-0.15, -0.1) is 0 Å². The molecular formula is C22H26N2O5. The molecule has 0 radical (unpaired) electrons. The van der Waals surface area contributed by atoms with Crippen LogP contribution >= 0.6 is 0 Å². The molecule has 0 spiro atoms. The fourth-order valence-corrected chi connectivity index (χ4v) is 3.45. The molecule has 7 nitrogen and oxygen atoms in total. The third kappa shape index (κ3) is 5.71. The standard InChI is InChI=1S/C22H26N2O5/c1-2-28-20-14-24(18-10-6-9-17(13-18)21(25)26)12-11-19(20)23-22(27)29-15-16-7-4-3-5-8-16/h3-10,13,19-20H,2,11-12,14-15H2,1H3,(H,23,27)(H,25,26)/t19-,20+/m1/s1. The van der Waals surface area contributed by atoms with Crippen molar-refractivity contribution in [3.05, 3.63) is 65.7 Å². The van der Waals surface area contributed by atoms with Crippen LogP contribution in [0.4, 0.5) is 10.5 Å². The van der Waals surface area contributed by atoms with Gasteiger partial charge in [-0.2, -0.15) is 0 Å². The lowest BCUT2D eigenvalue weighted by Gasteiger charge is -2.39. The number of carbonyl (C=O) groups excluding carboxylic acids is 1. The predicted molar refractivity (Wildman–Crippen MR) is 109 cm³/mol. The first kappa shape index (κ1) is 20.7. The number of carbonyl (C=O) groups is 2. The van der Waals surface area contributed by atoms with E-state index in [4.69, 9.17) is 9.47 Å². The normalized spacial score (nSPS) is 18.9. The number of aromatic carboxylic acids is 1. The van der Waals surface area contributed by atoms with Crippen molar-refractivity contribution < 1.29 is 24.2 Å². The number of hydrogen-bond acceptors (Lipinski definition) is 5. The molecule has 2 atom stereocenters. The number of nitrogens with one attached hydrogen (secondary N) is 1. The summed E-state index contributed by atoms with van der Waals surface area (Å²) in [6.07, 6.45) is -0.0148. The first-order chi connectivity index (χ1) is 14.1. The second kappa shape index (κ2) is 9.93. The molecule has 1 fully saturated rings. The van der Waals surface area contributed by atoms with Crippen LogP contribution in [0.1, 0.15) is 29.3 Å². The van der Waals surface area contributed by atoms with Crippen LogP contribution in [0, 0.1) is 0 Å². The number of hydrogen-bond donors (Lipinski definition) is 2.